The number of benzene rings is 1. The summed E-state index contributed by atoms with van der Waals surface area (Å²) >= 11 is 0. The third-order valence-corrected chi connectivity index (χ3v) is 3.15. The Morgan fingerprint density at radius 2 is 2.00 bits per heavy atom. The number of fused-ring (bicyclic) bond motifs is 1. The number of aliphatic hydroxyl groups excluding tert-OH is 1. The lowest BCUT2D eigenvalue weighted by Gasteiger charge is -2.21. The van der Waals surface area contributed by atoms with Crippen LogP contribution in [0.15, 0.2) is 18.2 Å². The number of nitrogens with zero attached hydrogens (tertiary/aromatic N) is 1. The van der Waals surface area contributed by atoms with Gasteiger partial charge >= 0.3 is 0 Å². The molecule has 0 unspecified atom stereocenters. The summed E-state index contributed by atoms with van der Waals surface area (Å²) in [5.74, 6) is 2.11. The molecule has 106 valence electrons. The van der Waals surface area contributed by atoms with Crippen molar-refractivity contribution in [3.63, 3.8) is 0 Å². The first kappa shape index (κ1) is 14.0. The van der Waals surface area contributed by atoms with E-state index < -0.39 is 6.10 Å². The molecule has 5 nitrogen and oxygen atoms in total. The van der Waals surface area contributed by atoms with Gasteiger partial charge in [-0.15, -0.1) is 0 Å². The summed E-state index contributed by atoms with van der Waals surface area (Å²) in [5.41, 5.74) is 0. The Bertz CT molecular complexity index is 406. The Balaban J connectivity index is 1.81. The minimum Gasteiger partial charge on any atom is -0.491 e. The highest BCUT2D eigenvalue weighted by molar-refractivity contribution is 5.46. The first-order valence-corrected chi connectivity index (χ1v) is 6.65. The van der Waals surface area contributed by atoms with E-state index in [1.165, 1.54) is 0 Å². The van der Waals surface area contributed by atoms with Crippen LogP contribution < -0.4 is 14.2 Å². The maximum absolute atomic E-state index is 9.91. The average Bonchev–Trinajstić information content (AvgIpc) is 2.89. The second-order valence-corrected chi connectivity index (χ2v) is 4.47. The quantitative estimate of drug-likeness (QED) is 0.811. The van der Waals surface area contributed by atoms with Crippen molar-refractivity contribution in [1.82, 2.24) is 4.90 Å². The predicted octanol–water partition coefficient (Wildman–Crippen LogP) is 1.50. The number of aliphatic hydroxyl groups is 1. The normalized spacial score (nSPS) is 14.7. The zero-order valence-electron chi connectivity index (χ0n) is 11.5. The van der Waals surface area contributed by atoms with Gasteiger partial charge in [0.15, 0.2) is 11.5 Å². The third-order valence-electron chi connectivity index (χ3n) is 3.15. The van der Waals surface area contributed by atoms with E-state index in [0.29, 0.717) is 18.0 Å². The summed E-state index contributed by atoms with van der Waals surface area (Å²) in [6.07, 6.45) is -0.495. The standard InChI is InChI=1S/C14H21NO4/c1-3-15(4-2)8-11(16)9-17-12-5-6-13-14(7-12)19-10-18-13/h5-7,11,16H,3-4,8-10H2,1-2H3/t11-/m1/s1. The van der Waals surface area contributed by atoms with Gasteiger partial charge in [0.05, 0.1) is 0 Å². The number of hydrogen-bond acceptors (Lipinski definition) is 5. The van der Waals surface area contributed by atoms with Gasteiger partial charge in [-0.1, -0.05) is 13.8 Å². The lowest BCUT2D eigenvalue weighted by molar-refractivity contribution is 0.0715. The van der Waals surface area contributed by atoms with Gasteiger partial charge in [-0.3, -0.25) is 0 Å². The Labute approximate surface area is 113 Å². The molecule has 19 heavy (non-hydrogen) atoms. The molecule has 5 heteroatoms. The fourth-order valence-electron chi connectivity index (χ4n) is 1.99. The molecular weight excluding hydrogens is 246 g/mol. The van der Waals surface area contributed by atoms with Gasteiger partial charge in [-0.05, 0) is 25.2 Å². The molecule has 1 aromatic carbocycles. The van der Waals surface area contributed by atoms with Crippen molar-refractivity contribution in [1.29, 1.82) is 0 Å². The molecule has 1 aromatic rings. The van der Waals surface area contributed by atoms with Gasteiger partial charge in [0.2, 0.25) is 6.79 Å². The van der Waals surface area contributed by atoms with Crippen molar-refractivity contribution in [2.45, 2.75) is 20.0 Å². The second-order valence-electron chi connectivity index (χ2n) is 4.47. The number of hydrogen-bond donors (Lipinski definition) is 1. The Morgan fingerprint density at radius 1 is 1.26 bits per heavy atom. The molecule has 0 saturated heterocycles. The highest BCUT2D eigenvalue weighted by Crippen LogP contribution is 2.35. The maximum atomic E-state index is 9.91. The molecule has 1 aliphatic heterocycles. The molecule has 1 atom stereocenters. The average molecular weight is 267 g/mol. The van der Waals surface area contributed by atoms with E-state index in [0.717, 1.165) is 18.8 Å². The van der Waals surface area contributed by atoms with Gasteiger partial charge in [-0.25, -0.2) is 0 Å². The minimum atomic E-state index is -0.495. The van der Waals surface area contributed by atoms with Crippen LogP contribution in [-0.2, 0) is 0 Å². The Morgan fingerprint density at radius 3 is 2.74 bits per heavy atom. The highest BCUT2D eigenvalue weighted by Gasteiger charge is 2.15. The number of rotatable bonds is 7. The van der Waals surface area contributed by atoms with Crippen LogP contribution in [0.2, 0.25) is 0 Å². The van der Waals surface area contributed by atoms with E-state index in [1.54, 1.807) is 6.07 Å². The minimum absolute atomic E-state index is 0.253. The van der Waals surface area contributed by atoms with Gasteiger partial charge in [0.1, 0.15) is 18.5 Å². The van der Waals surface area contributed by atoms with Crippen LogP contribution in [-0.4, -0.2) is 49.1 Å². The molecule has 0 bridgehead atoms. The summed E-state index contributed by atoms with van der Waals surface area (Å²) in [6.45, 7) is 7.16. The lowest BCUT2D eigenvalue weighted by atomic mass is 10.3. The highest BCUT2D eigenvalue weighted by atomic mass is 16.7. The van der Waals surface area contributed by atoms with E-state index in [9.17, 15) is 5.11 Å². The molecular formula is C14H21NO4. The molecule has 0 radical (unpaired) electrons. The van der Waals surface area contributed by atoms with Crippen molar-refractivity contribution < 1.29 is 19.3 Å². The fourth-order valence-corrected chi connectivity index (χ4v) is 1.99. The van der Waals surface area contributed by atoms with Crippen LogP contribution in [0.25, 0.3) is 0 Å². The van der Waals surface area contributed by atoms with Crippen molar-refractivity contribution in [2.24, 2.45) is 0 Å². The Kier molecular flexibility index (Phi) is 4.87. The van der Waals surface area contributed by atoms with Crippen LogP contribution in [0, 0.1) is 0 Å². The predicted molar refractivity (Wildman–Crippen MR) is 71.9 cm³/mol. The van der Waals surface area contributed by atoms with Gasteiger partial charge in [0.25, 0.3) is 0 Å². The lowest BCUT2D eigenvalue weighted by Crippen LogP contribution is -2.35. The number of ether oxygens (including phenoxy) is 3. The number of likely N-dealkylation sites (N-methyl/N-ethyl adjacent to an activating group) is 1. The molecule has 0 amide bonds. The molecule has 1 N–H and O–H groups in total. The summed E-state index contributed by atoms with van der Waals surface area (Å²) in [7, 11) is 0. The van der Waals surface area contributed by atoms with Crippen LogP contribution in [0.4, 0.5) is 0 Å². The van der Waals surface area contributed by atoms with Crippen LogP contribution >= 0.6 is 0 Å². The van der Waals surface area contributed by atoms with Crippen molar-refractivity contribution in [3.05, 3.63) is 18.2 Å². The molecule has 0 saturated carbocycles. The first-order valence-electron chi connectivity index (χ1n) is 6.65. The van der Waals surface area contributed by atoms with Gasteiger partial charge in [0, 0.05) is 12.6 Å². The van der Waals surface area contributed by atoms with E-state index in [-0.39, 0.29) is 13.4 Å². The second kappa shape index (κ2) is 6.63. The maximum Gasteiger partial charge on any atom is 0.231 e. The monoisotopic (exact) mass is 267 g/mol. The van der Waals surface area contributed by atoms with Crippen LogP contribution in [0.1, 0.15) is 13.8 Å². The van der Waals surface area contributed by atoms with Gasteiger partial charge in [-0.2, -0.15) is 0 Å². The SMILES string of the molecule is CCN(CC)C[C@@H](O)COc1ccc2c(c1)OCO2. The molecule has 1 aliphatic rings. The summed E-state index contributed by atoms with van der Waals surface area (Å²) in [5, 5.41) is 9.91. The van der Waals surface area contributed by atoms with E-state index in [1.807, 2.05) is 12.1 Å². The van der Waals surface area contributed by atoms with E-state index in [2.05, 4.69) is 18.7 Å². The molecule has 0 spiro atoms. The molecule has 0 aromatic heterocycles. The largest absolute Gasteiger partial charge is 0.491 e. The zero-order chi connectivity index (χ0) is 13.7. The third kappa shape index (κ3) is 3.75. The van der Waals surface area contributed by atoms with E-state index in [4.69, 9.17) is 14.2 Å². The van der Waals surface area contributed by atoms with Crippen molar-refractivity contribution in [2.75, 3.05) is 33.0 Å². The topological polar surface area (TPSA) is 51.2 Å². The van der Waals surface area contributed by atoms with Crippen LogP contribution in [0.5, 0.6) is 17.2 Å². The summed E-state index contributed by atoms with van der Waals surface area (Å²) in [4.78, 5) is 2.16. The van der Waals surface area contributed by atoms with Crippen molar-refractivity contribution >= 4 is 0 Å². The molecule has 0 aliphatic carbocycles. The molecule has 2 rings (SSSR count). The first-order chi connectivity index (χ1) is 9.22. The molecule has 0 fully saturated rings. The van der Waals surface area contributed by atoms with Crippen molar-refractivity contribution in [3.8, 4) is 17.2 Å². The zero-order valence-corrected chi connectivity index (χ0v) is 11.5. The Hall–Kier alpha value is -1.46. The van der Waals surface area contributed by atoms with Crippen LogP contribution in [0.3, 0.4) is 0 Å². The molecule has 1 heterocycles. The van der Waals surface area contributed by atoms with E-state index >= 15 is 0 Å². The summed E-state index contributed by atoms with van der Waals surface area (Å²) in [6, 6.07) is 5.42. The summed E-state index contributed by atoms with van der Waals surface area (Å²) < 4.78 is 16.1. The van der Waals surface area contributed by atoms with Gasteiger partial charge < -0.3 is 24.2 Å². The fraction of sp³-hybridized carbons (Fsp3) is 0.571. The smallest absolute Gasteiger partial charge is 0.231 e.